The first-order chi connectivity index (χ1) is 2.81. The van der Waals surface area contributed by atoms with Crippen molar-refractivity contribution >= 4 is 20.9 Å². The van der Waals surface area contributed by atoms with Crippen molar-refractivity contribution in [2.75, 3.05) is 7.11 Å². The van der Waals surface area contributed by atoms with Crippen LogP contribution in [0.15, 0.2) is 0 Å². The van der Waals surface area contributed by atoms with E-state index >= 15 is 0 Å². The van der Waals surface area contributed by atoms with Gasteiger partial charge < -0.3 is 0 Å². The molecule has 0 aliphatic rings. The summed E-state index contributed by atoms with van der Waals surface area (Å²) in [5, 5.41) is 0. The molecule has 0 radical (unpaired) electrons. The van der Waals surface area contributed by atoms with Crippen molar-refractivity contribution in [1.29, 1.82) is 0 Å². The summed E-state index contributed by atoms with van der Waals surface area (Å²) in [5.41, 5.74) is 0. The average molecular weight is 202 g/mol. The van der Waals surface area contributed by atoms with Crippen molar-refractivity contribution in [3.05, 3.63) is 0 Å². The van der Waals surface area contributed by atoms with Crippen molar-refractivity contribution in [3.8, 4) is 0 Å². The molecule has 0 aromatic heterocycles. The first-order valence-corrected chi connectivity index (χ1v) is 5.54. The van der Waals surface area contributed by atoms with Gasteiger partial charge in [-0.15, -0.1) is 0 Å². The quantitative estimate of drug-likeness (QED) is 0.599. The molecule has 0 N–H and O–H groups in total. The second kappa shape index (κ2) is 3.92. The molecule has 0 rings (SSSR count). The Bertz CT molecular complexity index is 26.7. The zero-order chi connectivity index (χ0) is 4.99. The molecule has 0 amide bonds. The third-order valence-electron chi connectivity index (χ3n) is 0.664. The standard InChI is InChI=1S/C4H10OTe/c1-4(5-2)6-3/h4H,1-3H3. The number of hydrogen-bond acceptors (Lipinski definition) is 1. The summed E-state index contributed by atoms with van der Waals surface area (Å²) in [5.74, 6) is 0. The van der Waals surface area contributed by atoms with Crippen LogP contribution in [0.1, 0.15) is 6.92 Å². The number of ether oxygens (including phenoxy) is 1. The summed E-state index contributed by atoms with van der Waals surface area (Å²) >= 11 is 0.180. The van der Waals surface area contributed by atoms with Crippen LogP contribution in [-0.2, 0) is 4.74 Å². The van der Waals surface area contributed by atoms with Crippen LogP contribution in [0.3, 0.4) is 0 Å². The molecule has 1 unspecified atom stereocenters. The molecular weight excluding hydrogens is 192 g/mol. The van der Waals surface area contributed by atoms with Crippen LogP contribution < -0.4 is 0 Å². The first-order valence-electron chi connectivity index (χ1n) is 1.87. The van der Waals surface area contributed by atoms with E-state index in [0.29, 0.717) is 4.15 Å². The second-order valence-electron chi connectivity index (χ2n) is 1.04. The second-order valence-corrected chi connectivity index (χ2v) is 4.28. The van der Waals surface area contributed by atoms with E-state index in [-0.39, 0.29) is 20.9 Å². The maximum absolute atomic E-state index is 4.96. The number of rotatable bonds is 2. The third kappa shape index (κ3) is 2.96. The maximum atomic E-state index is 4.96. The van der Waals surface area contributed by atoms with E-state index in [2.05, 4.69) is 11.9 Å². The van der Waals surface area contributed by atoms with Crippen LogP contribution >= 0.6 is 0 Å². The Labute approximate surface area is 49.2 Å². The summed E-state index contributed by atoms with van der Waals surface area (Å²) in [6.07, 6.45) is 0. The molecule has 0 saturated heterocycles. The van der Waals surface area contributed by atoms with Gasteiger partial charge in [-0.1, -0.05) is 0 Å². The summed E-state index contributed by atoms with van der Waals surface area (Å²) in [6.45, 7) is 2.11. The van der Waals surface area contributed by atoms with Gasteiger partial charge in [0.1, 0.15) is 0 Å². The topological polar surface area (TPSA) is 9.23 Å². The van der Waals surface area contributed by atoms with Crippen LogP contribution in [0.4, 0.5) is 0 Å². The Balaban J connectivity index is 2.75. The zero-order valence-electron chi connectivity index (χ0n) is 4.39. The van der Waals surface area contributed by atoms with Gasteiger partial charge in [0, 0.05) is 0 Å². The summed E-state index contributed by atoms with van der Waals surface area (Å²) < 4.78 is 5.52. The van der Waals surface area contributed by atoms with E-state index in [1.165, 1.54) is 0 Å². The normalized spacial score (nSPS) is 14.5. The zero-order valence-corrected chi connectivity index (χ0v) is 6.72. The fourth-order valence-corrected chi connectivity index (χ4v) is 0.645. The first kappa shape index (κ1) is 6.75. The minimum atomic E-state index is 0.180. The predicted molar refractivity (Wildman–Crippen MR) is 28.1 cm³/mol. The Hall–Kier alpha value is 0.750. The van der Waals surface area contributed by atoms with Crippen LogP contribution in [0.25, 0.3) is 0 Å². The molecule has 2 heteroatoms. The van der Waals surface area contributed by atoms with E-state index in [9.17, 15) is 0 Å². The van der Waals surface area contributed by atoms with Crippen LogP contribution in [0, 0.1) is 0 Å². The monoisotopic (exact) mass is 204 g/mol. The Morgan fingerprint density at radius 3 is 2.17 bits per heavy atom. The van der Waals surface area contributed by atoms with Crippen molar-refractivity contribution < 1.29 is 4.74 Å². The molecule has 1 atom stereocenters. The Morgan fingerprint density at radius 2 is 2.17 bits per heavy atom. The fraction of sp³-hybridized carbons (Fsp3) is 1.00. The van der Waals surface area contributed by atoms with E-state index < -0.39 is 0 Å². The molecule has 38 valence electrons. The van der Waals surface area contributed by atoms with E-state index in [1.807, 2.05) is 0 Å². The summed E-state index contributed by atoms with van der Waals surface area (Å²) in [7, 11) is 1.76. The van der Waals surface area contributed by atoms with Gasteiger partial charge in [0.15, 0.2) is 0 Å². The van der Waals surface area contributed by atoms with Gasteiger partial charge in [0.2, 0.25) is 0 Å². The van der Waals surface area contributed by atoms with E-state index in [1.54, 1.807) is 7.11 Å². The molecule has 1 nitrogen and oxygen atoms in total. The molecule has 0 bridgehead atoms. The van der Waals surface area contributed by atoms with Crippen molar-refractivity contribution in [2.45, 2.75) is 16.0 Å². The molecule has 0 saturated carbocycles. The van der Waals surface area contributed by atoms with Crippen LogP contribution in [0.2, 0.25) is 4.97 Å². The minimum absolute atomic E-state index is 0.180. The molecule has 0 aromatic carbocycles. The predicted octanol–water partition coefficient (Wildman–Crippen LogP) is 0.731. The molecular formula is C4H10OTe. The summed E-state index contributed by atoms with van der Waals surface area (Å²) in [6, 6.07) is 0. The van der Waals surface area contributed by atoms with E-state index in [0.717, 1.165) is 0 Å². The van der Waals surface area contributed by atoms with Gasteiger partial charge in [0.25, 0.3) is 0 Å². The van der Waals surface area contributed by atoms with Gasteiger partial charge in [0.05, 0.1) is 0 Å². The average Bonchev–Trinajstić information content (AvgIpc) is 1.65. The van der Waals surface area contributed by atoms with Gasteiger partial charge in [-0.05, 0) is 0 Å². The van der Waals surface area contributed by atoms with Crippen LogP contribution in [0.5, 0.6) is 0 Å². The molecule has 0 heterocycles. The Morgan fingerprint density at radius 1 is 1.67 bits per heavy atom. The van der Waals surface area contributed by atoms with Gasteiger partial charge in [-0.25, -0.2) is 0 Å². The van der Waals surface area contributed by atoms with Gasteiger partial charge >= 0.3 is 48.8 Å². The van der Waals surface area contributed by atoms with Crippen LogP contribution in [-0.4, -0.2) is 32.2 Å². The molecule has 0 aliphatic carbocycles. The van der Waals surface area contributed by atoms with Crippen molar-refractivity contribution in [3.63, 3.8) is 0 Å². The SMILES string of the molecule is COC(C)[Te]C. The molecule has 0 spiro atoms. The molecule has 0 aliphatic heterocycles. The Kier molecular flexibility index (Phi) is 4.41. The molecule has 0 aromatic rings. The number of methoxy groups -OCH3 is 1. The van der Waals surface area contributed by atoms with Crippen molar-refractivity contribution in [1.82, 2.24) is 0 Å². The van der Waals surface area contributed by atoms with E-state index in [4.69, 9.17) is 4.74 Å². The third-order valence-corrected chi connectivity index (χ3v) is 3.11. The van der Waals surface area contributed by atoms with Gasteiger partial charge in [-0.2, -0.15) is 0 Å². The fourth-order valence-electron chi connectivity index (χ4n) is 0.0962. The molecule has 0 fully saturated rings. The van der Waals surface area contributed by atoms with Gasteiger partial charge in [-0.3, -0.25) is 0 Å². The summed E-state index contributed by atoms with van der Waals surface area (Å²) in [4.78, 5) is 2.24. The van der Waals surface area contributed by atoms with Crippen molar-refractivity contribution in [2.24, 2.45) is 0 Å². The molecule has 6 heavy (non-hydrogen) atoms. The number of hydrogen-bond donors (Lipinski definition) is 0.